The number of fused-ring (bicyclic) bond motifs is 1. The molecule has 0 saturated carbocycles. The molecule has 46 heavy (non-hydrogen) atoms. The third kappa shape index (κ3) is 6.19. The molecule has 2 amide bonds. The van der Waals surface area contributed by atoms with Gasteiger partial charge in [-0.1, -0.05) is 12.1 Å². The first kappa shape index (κ1) is 31.6. The quantitative estimate of drug-likeness (QED) is 0.239. The van der Waals surface area contributed by atoms with Gasteiger partial charge in [0.1, 0.15) is 11.6 Å². The first-order chi connectivity index (χ1) is 21.9. The third-order valence-corrected chi connectivity index (χ3v) is 9.03. The summed E-state index contributed by atoms with van der Waals surface area (Å²) in [5.74, 6) is -0.723. The van der Waals surface area contributed by atoms with Gasteiger partial charge in [0.2, 0.25) is 5.60 Å². The predicted molar refractivity (Wildman–Crippen MR) is 158 cm³/mol. The summed E-state index contributed by atoms with van der Waals surface area (Å²) in [6, 6.07) is 12.3. The second-order valence-corrected chi connectivity index (χ2v) is 12.0. The molecule has 4 aromatic rings. The van der Waals surface area contributed by atoms with Crippen LogP contribution >= 0.6 is 11.5 Å². The number of piperidine rings is 1. The Hall–Kier alpha value is -4.40. The van der Waals surface area contributed by atoms with Gasteiger partial charge in [0.05, 0.1) is 27.9 Å². The van der Waals surface area contributed by atoms with Gasteiger partial charge in [0, 0.05) is 50.5 Å². The lowest BCUT2D eigenvalue weighted by Gasteiger charge is -2.45. The maximum Gasteiger partial charge on any atom is 0.417 e. The van der Waals surface area contributed by atoms with E-state index < -0.39 is 53.0 Å². The van der Waals surface area contributed by atoms with Crippen molar-refractivity contribution in [1.29, 1.82) is 0 Å². The van der Waals surface area contributed by atoms with Crippen molar-refractivity contribution in [1.82, 2.24) is 19.2 Å². The van der Waals surface area contributed by atoms with Crippen molar-refractivity contribution in [2.45, 2.75) is 30.8 Å². The Morgan fingerprint density at radius 2 is 1.57 bits per heavy atom. The zero-order chi connectivity index (χ0) is 32.7. The molecule has 2 saturated heterocycles. The number of pyridine rings is 1. The number of ether oxygens (including phenoxy) is 1. The van der Waals surface area contributed by atoms with Gasteiger partial charge in [-0.3, -0.25) is 14.6 Å². The summed E-state index contributed by atoms with van der Waals surface area (Å²) in [5, 5.41) is 0.990. The Balaban J connectivity index is 1.27. The fourth-order valence-electron chi connectivity index (χ4n) is 5.93. The van der Waals surface area contributed by atoms with Crippen LogP contribution in [0.25, 0.3) is 10.1 Å². The van der Waals surface area contributed by atoms with Gasteiger partial charge < -0.3 is 19.4 Å². The van der Waals surface area contributed by atoms with Crippen LogP contribution in [-0.4, -0.2) is 75.8 Å². The number of hydrogen-bond acceptors (Lipinski definition) is 7. The molecule has 0 bridgehead atoms. The number of halogens is 6. The van der Waals surface area contributed by atoms with Crippen LogP contribution in [0.2, 0.25) is 0 Å². The van der Waals surface area contributed by atoms with Crippen LogP contribution in [0.4, 0.5) is 32.2 Å². The number of hydrogen-bond donors (Lipinski definition) is 0. The van der Waals surface area contributed by atoms with E-state index in [2.05, 4.69) is 14.3 Å². The zero-order valence-corrected chi connectivity index (χ0v) is 25.0. The average molecular weight is 664 g/mol. The number of carbonyl (C=O) groups excluding carboxylic acids is 2. The van der Waals surface area contributed by atoms with Gasteiger partial charge >= 0.3 is 12.4 Å². The zero-order valence-electron chi connectivity index (χ0n) is 24.1. The fourth-order valence-corrected chi connectivity index (χ4v) is 6.72. The first-order valence-corrected chi connectivity index (χ1v) is 15.2. The van der Waals surface area contributed by atoms with Crippen molar-refractivity contribution >= 4 is 39.3 Å². The molecule has 4 heterocycles. The highest BCUT2D eigenvalue weighted by atomic mass is 32.1. The number of carbonyl (C=O) groups is 2. The van der Waals surface area contributed by atoms with E-state index in [4.69, 9.17) is 4.74 Å². The maximum absolute atomic E-state index is 14.3. The number of amides is 2. The highest BCUT2D eigenvalue weighted by Gasteiger charge is 2.49. The topological polar surface area (TPSA) is 78.9 Å². The Kier molecular flexibility index (Phi) is 8.29. The number of benzene rings is 2. The Bertz CT molecular complexity index is 1740. The summed E-state index contributed by atoms with van der Waals surface area (Å²) in [5.41, 5.74) is -4.51. The van der Waals surface area contributed by atoms with Crippen LogP contribution in [0.5, 0.6) is 5.75 Å². The molecule has 2 aliphatic heterocycles. The van der Waals surface area contributed by atoms with Gasteiger partial charge in [-0.05, 0) is 66.8 Å². The van der Waals surface area contributed by atoms with Crippen molar-refractivity contribution in [3.8, 4) is 5.75 Å². The van der Waals surface area contributed by atoms with E-state index in [0.717, 1.165) is 57.5 Å². The van der Waals surface area contributed by atoms with Crippen LogP contribution in [0.3, 0.4) is 0 Å². The van der Waals surface area contributed by atoms with Crippen LogP contribution < -0.4 is 9.64 Å². The molecule has 0 spiro atoms. The minimum atomic E-state index is -4.82. The molecule has 0 radical (unpaired) electrons. The highest BCUT2D eigenvalue weighted by Crippen LogP contribution is 2.37. The molecule has 0 N–H and O–H groups in total. The SMILES string of the molecule is O=C(c1cnccc1C(F)(F)F)N1CCCC(Oc2ccc(C(F)(F)F)cc2)(C(=O)N2CCN(c3nsc4ccccc34)CC2)C1. The lowest BCUT2D eigenvalue weighted by atomic mass is 9.89. The molecule has 2 aliphatic rings. The lowest BCUT2D eigenvalue weighted by Crippen LogP contribution is -2.64. The molecule has 0 aliphatic carbocycles. The second kappa shape index (κ2) is 12.1. The molecule has 2 aromatic heterocycles. The summed E-state index contributed by atoms with van der Waals surface area (Å²) in [7, 11) is 0. The van der Waals surface area contributed by atoms with Crippen LogP contribution in [0.15, 0.2) is 67.0 Å². The molecule has 1 unspecified atom stereocenters. The molecule has 8 nitrogen and oxygen atoms in total. The van der Waals surface area contributed by atoms with Gasteiger partial charge in [-0.25, -0.2) is 0 Å². The van der Waals surface area contributed by atoms with Crippen molar-refractivity contribution < 1.29 is 40.7 Å². The lowest BCUT2D eigenvalue weighted by molar-refractivity contribution is -0.153. The van der Waals surface area contributed by atoms with Crippen LogP contribution in [0.1, 0.15) is 34.3 Å². The smallest absolute Gasteiger partial charge is 0.417 e. The van der Waals surface area contributed by atoms with E-state index in [0.29, 0.717) is 19.2 Å². The number of aromatic nitrogens is 2. The van der Waals surface area contributed by atoms with Gasteiger partial charge in [-0.15, -0.1) is 0 Å². The average Bonchev–Trinajstić information content (AvgIpc) is 3.48. The monoisotopic (exact) mass is 663 g/mol. The highest BCUT2D eigenvalue weighted by molar-refractivity contribution is 7.13. The number of piperazine rings is 1. The van der Waals surface area contributed by atoms with Gasteiger partial charge in [0.15, 0.2) is 0 Å². The van der Waals surface area contributed by atoms with Crippen LogP contribution in [0, 0.1) is 0 Å². The van der Waals surface area contributed by atoms with E-state index in [1.165, 1.54) is 11.5 Å². The number of nitrogens with zero attached hydrogens (tertiary/aromatic N) is 5. The molecule has 2 fully saturated rings. The molecule has 6 rings (SSSR count). The molecule has 15 heteroatoms. The fraction of sp³-hybridized carbons (Fsp3) is 0.355. The van der Waals surface area contributed by atoms with E-state index in [1.807, 2.05) is 24.3 Å². The van der Waals surface area contributed by atoms with Gasteiger partial charge in [-0.2, -0.15) is 30.7 Å². The number of likely N-dealkylation sites (tertiary alicyclic amines) is 1. The molecule has 1 atom stereocenters. The van der Waals surface area contributed by atoms with Crippen molar-refractivity contribution in [2.75, 3.05) is 44.2 Å². The summed E-state index contributed by atoms with van der Waals surface area (Å²) < 4.78 is 92.7. The Morgan fingerprint density at radius 1 is 0.848 bits per heavy atom. The molecular weight excluding hydrogens is 636 g/mol. The Labute approximate surface area is 263 Å². The summed E-state index contributed by atoms with van der Waals surface area (Å²) in [6.07, 6.45) is -7.36. The van der Waals surface area contributed by atoms with Gasteiger partial charge in [0.25, 0.3) is 11.8 Å². The largest absolute Gasteiger partial charge is 0.476 e. The molecule has 2 aromatic carbocycles. The standard InChI is InChI=1S/C31H27F6N5O3S/c32-30(33,34)20-6-8-21(9-7-20)45-29(11-3-13-42(19-29)27(43)23-18-38-12-10-24(23)31(35,36)37)28(44)41-16-14-40(15-17-41)26-22-4-1-2-5-25(22)46-39-26/h1-2,4-10,12,18H,3,11,13-17,19H2. The molecular formula is C31H27F6N5O3S. The predicted octanol–water partition coefficient (Wildman–Crippen LogP) is 6.13. The Morgan fingerprint density at radius 3 is 2.26 bits per heavy atom. The summed E-state index contributed by atoms with van der Waals surface area (Å²) >= 11 is 1.37. The van der Waals surface area contributed by atoms with E-state index in [1.54, 1.807) is 4.90 Å². The summed E-state index contributed by atoms with van der Waals surface area (Å²) in [6.45, 7) is 1.03. The first-order valence-electron chi connectivity index (χ1n) is 14.4. The second-order valence-electron chi connectivity index (χ2n) is 11.1. The number of rotatable bonds is 5. The third-order valence-electron chi connectivity index (χ3n) is 8.21. The number of alkyl halides is 6. The minimum Gasteiger partial charge on any atom is -0.476 e. The molecule has 242 valence electrons. The van der Waals surface area contributed by atoms with E-state index in [-0.39, 0.29) is 38.2 Å². The summed E-state index contributed by atoms with van der Waals surface area (Å²) in [4.78, 5) is 36.3. The normalized spacial score (nSPS) is 19.4. The van der Waals surface area contributed by atoms with E-state index in [9.17, 15) is 35.9 Å². The van der Waals surface area contributed by atoms with Crippen molar-refractivity contribution in [3.63, 3.8) is 0 Å². The van der Waals surface area contributed by atoms with E-state index >= 15 is 0 Å². The number of anilines is 1. The van der Waals surface area contributed by atoms with Crippen LogP contribution in [-0.2, 0) is 17.1 Å². The van der Waals surface area contributed by atoms with Crippen molar-refractivity contribution in [2.24, 2.45) is 0 Å². The van der Waals surface area contributed by atoms with Crippen molar-refractivity contribution in [3.05, 3.63) is 83.7 Å². The maximum atomic E-state index is 14.3. The minimum absolute atomic E-state index is 0.0411.